The molecule has 78 valence electrons. The number of nitriles is 1. The highest BCUT2D eigenvalue weighted by atomic mass is 16.1. The van der Waals surface area contributed by atoms with E-state index < -0.39 is 0 Å². The summed E-state index contributed by atoms with van der Waals surface area (Å²) in [5, 5.41) is 21.0. The van der Waals surface area contributed by atoms with Crippen molar-refractivity contribution in [1.82, 2.24) is 15.5 Å². The SMILES string of the molecule is N#CCC(=O)Nc1n[nH]c2c1CCNC2. The standard InChI is InChI=1S/C9H11N5O/c10-3-1-8(15)12-9-6-2-4-11-5-7(6)13-14-9/h11H,1-2,4-5H2,(H2,12,13,14,15). The molecule has 0 spiro atoms. The van der Waals surface area contributed by atoms with Crippen LogP contribution in [0.5, 0.6) is 0 Å². The van der Waals surface area contributed by atoms with Crippen LogP contribution in [0.3, 0.4) is 0 Å². The lowest BCUT2D eigenvalue weighted by Crippen LogP contribution is -2.24. The van der Waals surface area contributed by atoms with Gasteiger partial charge in [0.05, 0.1) is 11.8 Å². The molecule has 0 aromatic carbocycles. The van der Waals surface area contributed by atoms with Crippen molar-refractivity contribution >= 4 is 11.7 Å². The second kappa shape index (κ2) is 4.11. The van der Waals surface area contributed by atoms with Crippen LogP contribution < -0.4 is 10.6 Å². The zero-order chi connectivity index (χ0) is 10.7. The fourth-order valence-corrected chi connectivity index (χ4v) is 1.60. The number of nitrogens with zero attached hydrogens (tertiary/aromatic N) is 2. The first-order valence-electron chi connectivity index (χ1n) is 4.75. The molecule has 1 aliphatic rings. The maximum Gasteiger partial charge on any atom is 0.239 e. The summed E-state index contributed by atoms with van der Waals surface area (Å²) in [6.07, 6.45) is 0.702. The average molecular weight is 205 g/mol. The predicted molar refractivity (Wildman–Crippen MR) is 52.9 cm³/mol. The highest BCUT2D eigenvalue weighted by Crippen LogP contribution is 2.19. The van der Waals surface area contributed by atoms with E-state index in [4.69, 9.17) is 5.26 Å². The first-order chi connectivity index (χ1) is 7.31. The maximum absolute atomic E-state index is 11.2. The number of amides is 1. The van der Waals surface area contributed by atoms with E-state index in [9.17, 15) is 4.79 Å². The van der Waals surface area contributed by atoms with E-state index in [0.29, 0.717) is 5.82 Å². The Labute approximate surface area is 86.7 Å². The van der Waals surface area contributed by atoms with Gasteiger partial charge in [-0.25, -0.2) is 0 Å². The predicted octanol–water partition coefficient (Wildman–Crippen LogP) is -0.0924. The molecule has 3 N–H and O–H groups in total. The van der Waals surface area contributed by atoms with Gasteiger partial charge in [-0.15, -0.1) is 0 Å². The molecule has 0 saturated heterocycles. The van der Waals surface area contributed by atoms with Crippen molar-refractivity contribution in [2.24, 2.45) is 0 Å². The smallest absolute Gasteiger partial charge is 0.239 e. The molecule has 0 fully saturated rings. The van der Waals surface area contributed by atoms with Gasteiger partial charge >= 0.3 is 0 Å². The summed E-state index contributed by atoms with van der Waals surface area (Å²) in [4.78, 5) is 11.2. The number of hydrogen-bond acceptors (Lipinski definition) is 4. The molecule has 1 aliphatic heterocycles. The van der Waals surface area contributed by atoms with Gasteiger partial charge in [0.1, 0.15) is 6.42 Å². The summed E-state index contributed by atoms with van der Waals surface area (Å²) in [5.74, 6) is 0.247. The van der Waals surface area contributed by atoms with Crippen LogP contribution in [0.4, 0.5) is 5.82 Å². The molecule has 0 unspecified atom stereocenters. The van der Waals surface area contributed by atoms with Gasteiger partial charge in [-0.1, -0.05) is 0 Å². The van der Waals surface area contributed by atoms with Gasteiger partial charge in [0, 0.05) is 12.1 Å². The van der Waals surface area contributed by atoms with E-state index in [1.165, 1.54) is 0 Å². The third-order valence-electron chi connectivity index (χ3n) is 2.30. The Hall–Kier alpha value is -1.87. The van der Waals surface area contributed by atoms with Crippen LogP contribution in [0.1, 0.15) is 17.7 Å². The number of rotatable bonds is 2. The van der Waals surface area contributed by atoms with Crippen LogP contribution in [0.25, 0.3) is 0 Å². The second-order valence-corrected chi connectivity index (χ2v) is 3.34. The minimum absolute atomic E-state index is 0.139. The fraction of sp³-hybridized carbons (Fsp3) is 0.444. The van der Waals surface area contributed by atoms with Crippen molar-refractivity contribution in [2.75, 3.05) is 11.9 Å². The fourth-order valence-electron chi connectivity index (χ4n) is 1.60. The van der Waals surface area contributed by atoms with E-state index in [-0.39, 0.29) is 12.3 Å². The quantitative estimate of drug-likeness (QED) is 0.628. The molecule has 0 aliphatic carbocycles. The van der Waals surface area contributed by atoms with Crippen LogP contribution in [-0.4, -0.2) is 22.6 Å². The summed E-state index contributed by atoms with van der Waals surface area (Å²) in [6.45, 7) is 1.63. The Balaban J connectivity index is 2.12. The summed E-state index contributed by atoms with van der Waals surface area (Å²) in [7, 11) is 0. The number of aromatic amines is 1. The highest BCUT2D eigenvalue weighted by Gasteiger charge is 2.17. The lowest BCUT2D eigenvalue weighted by Gasteiger charge is -2.12. The number of aromatic nitrogens is 2. The molecule has 1 aromatic heterocycles. The molecule has 0 saturated carbocycles. The Kier molecular flexibility index (Phi) is 2.65. The van der Waals surface area contributed by atoms with E-state index in [0.717, 1.165) is 30.8 Å². The molecule has 2 heterocycles. The van der Waals surface area contributed by atoms with E-state index in [2.05, 4.69) is 20.8 Å². The first kappa shape index (κ1) is 9.68. The largest absolute Gasteiger partial charge is 0.311 e. The summed E-state index contributed by atoms with van der Waals surface area (Å²) >= 11 is 0. The summed E-state index contributed by atoms with van der Waals surface area (Å²) in [6, 6.07) is 1.80. The van der Waals surface area contributed by atoms with Gasteiger partial charge < -0.3 is 10.6 Å². The normalized spacial score (nSPS) is 14.1. The molecular formula is C9H11N5O. The van der Waals surface area contributed by atoms with Gasteiger partial charge in [-0.2, -0.15) is 10.4 Å². The molecule has 1 aromatic rings. The monoisotopic (exact) mass is 205 g/mol. The summed E-state index contributed by atoms with van der Waals surface area (Å²) in [5.41, 5.74) is 2.05. The molecule has 6 heteroatoms. The molecule has 1 amide bonds. The number of carbonyl (C=O) groups is 1. The first-order valence-corrected chi connectivity index (χ1v) is 4.75. The van der Waals surface area contributed by atoms with Crippen LogP contribution >= 0.6 is 0 Å². The number of H-pyrrole nitrogens is 1. The van der Waals surface area contributed by atoms with Crippen LogP contribution in [0.2, 0.25) is 0 Å². The zero-order valence-electron chi connectivity index (χ0n) is 8.13. The topological polar surface area (TPSA) is 93.6 Å². The molecule has 0 bridgehead atoms. The Morgan fingerprint density at radius 2 is 2.53 bits per heavy atom. The number of anilines is 1. The molecule has 0 radical (unpaired) electrons. The van der Waals surface area contributed by atoms with Crippen LogP contribution in [0, 0.1) is 11.3 Å². The molecule has 15 heavy (non-hydrogen) atoms. The number of fused-ring (bicyclic) bond motifs is 1. The van der Waals surface area contributed by atoms with Crippen LogP contribution in [-0.2, 0) is 17.8 Å². The third-order valence-corrected chi connectivity index (χ3v) is 2.30. The van der Waals surface area contributed by atoms with Crippen molar-refractivity contribution in [3.8, 4) is 6.07 Å². The maximum atomic E-state index is 11.2. The van der Waals surface area contributed by atoms with E-state index in [1.807, 2.05) is 0 Å². The van der Waals surface area contributed by atoms with Gasteiger partial charge in [0.25, 0.3) is 0 Å². The van der Waals surface area contributed by atoms with Crippen molar-refractivity contribution < 1.29 is 4.79 Å². The lowest BCUT2D eigenvalue weighted by molar-refractivity contribution is -0.115. The molecular weight excluding hydrogens is 194 g/mol. The van der Waals surface area contributed by atoms with Crippen molar-refractivity contribution in [3.05, 3.63) is 11.3 Å². The number of hydrogen-bond donors (Lipinski definition) is 3. The lowest BCUT2D eigenvalue weighted by atomic mass is 10.1. The van der Waals surface area contributed by atoms with Gasteiger partial charge in [0.2, 0.25) is 5.91 Å². The zero-order valence-corrected chi connectivity index (χ0v) is 8.13. The molecule has 2 rings (SSSR count). The van der Waals surface area contributed by atoms with Crippen molar-refractivity contribution in [1.29, 1.82) is 5.26 Å². The van der Waals surface area contributed by atoms with Gasteiger partial charge in [-0.05, 0) is 13.0 Å². The van der Waals surface area contributed by atoms with E-state index in [1.54, 1.807) is 6.07 Å². The Bertz CT molecular complexity index is 417. The molecule has 0 atom stereocenters. The van der Waals surface area contributed by atoms with Crippen molar-refractivity contribution in [3.63, 3.8) is 0 Å². The number of carbonyl (C=O) groups excluding carboxylic acids is 1. The second-order valence-electron chi connectivity index (χ2n) is 3.34. The average Bonchev–Trinajstić information content (AvgIpc) is 2.62. The Morgan fingerprint density at radius 1 is 1.67 bits per heavy atom. The highest BCUT2D eigenvalue weighted by molar-refractivity contribution is 5.91. The third kappa shape index (κ3) is 1.97. The van der Waals surface area contributed by atoms with Crippen molar-refractivity contribution in [2.45, 2.75) is 19.4 Å². The Morgan fingerprint density at radius 3 is 3.33 bits per heavy atom. The summed E-state index contributed by atoms with van der Waals surface area (Å²) < 4.78 is 0. The number of nitrogens with one attached hydrogen (secondary N) is 3. The minimum Gasteiger partial charge on any atom is -0.311 e. The van der Waals surface area contributed by atoms with E-state index >= 15 is 0 Å². The van der Waals surface area contributed by atoms with Gasteiger partial charge in [-0.3, -0.25) is 9.89 Å². The van der Waals surface area contributed by atoms with Crippen LogP contribution in [0.15, 0.2) is 0 Å². The van der Waals surface area contributed by atoms with Gasteiger partial charge in [0.15, 0.2) is 5.82 Å². The minimum atomic E-state index is -0.315. The molecule has 6 nitrogen and oxygen atoms in total.